The van der Waals surface area contributed by atoms with E-state index < -0.39 is 9.84 Å². The molecule has 3 aliphatic carbocycles. The van der Waals surface area contributed by atoms with Gasteiger partial charge in [0.2, 0.25) is 0 Å². The van der Waals surface area contributed by atoms with Crippen LogP contribution in [0.5, 0.6) is 0 Å². The molecule has 132 valence electrons. The maximum Gasteiger partial charge on any atom is 0.186 e. The first-order valence-electron chi connectivity index (χ1n) is 9.17. The van der Waals surface area contributed by atoms with Crippen molar-refractivity contribution in [1.29, 1.82) is 0 Å². The molecular formula is C22H20O3S. The van der Waals surface area contributed by atoms with Gasteiger partial charge in [-0.15, -0.1) is 0 Å². The van der Waals surface area contributed by atoms with Crippen molar-refractivity contribution in [2.45, 2.75) is 41.2 Å². The van der Waals surface area contributed by atoms with Crippen LogP contribution in [0, 0.1) is 5.92 Å². The first-order valence-corrected chi connectivity index (χ1v) is 10.7. The molecule has 0 heterocycles. The Balaban J connectivity index is 1.63. The minimum absolute atomic E-state index is 0.0660. The lowest BCUT2D eigenvalue weighted by molar-refractivity contribution is 0.103. The van der Waals surface area contributed by atoms with Crippen LogP contribution in [0.1, 0.15) is 41.6 Å². The highest BCUT2D eigenvalue weighted by molar-refractivity contribution is 7.92. The number of carbonyl (C=O) groups excluding carboxylic acids is 1. The minimum atomic E-state index is -3.36. The quantitative estimate of drug-likeness (QED) is 0.806. The van der Waals surface area contributed by atoms with Crippen molar-refractivity contribution in [1.82, 2.24) is 0 Å². The average molecular weight is 364 g/mol. The summed E-state index contributed by atoms with van der Waals surface area (Å²) in [6, 6.07) is 16.6. The highest BCUT2D eigenvalue weighted by atomic mass is 32.2. The van der Waals surface area contributed by atoms with E-state index in [2.05, 4.69) is 0 Å². The normalized spacial score (nSPS) is 29.7. The molecule has 0 amide bonds. The lowest BCUT2D eigenvalue weighted by atomic mass is 9.67. The van der Waals surface area contributed by atoms with Gasteiger partial charge in [0.05, 0.1) is 10.1 Å². The molecule has 0 bridgehead atoms. The summed E-state index contributed by atoms with van der Waals surface area (Å²) in [7, 11) is -3.36. The Kier molecular flexibility index (Phi) is 3.32. The van der Waals surface area contributed by atoms with Gasteiger partial charge in [-0.2, -0.15) is 0 Å². The lowest BCUT2D eigenvalue weighted by Crippen LogP contribution is -2.34. The molecule has 0 aromatic heterocycles. The second-order valence-corrected chi connectivity index (χ2v) is 9.93. The van der Waals surface area contributed by atoms with Crippen molar-refractivity contribution < 1.29 is 13.2 Å². The zero-order valence-electron chi connectivity index (χ0n) is 14.4. The van der Waals surface area contributed by atoms with Crippen LogP contribution in [0.4, 0.5) is 0 Å². The third-order valence-electron chi connectivity index (χ3n) is 6.62. The van der Waals surface area contributed by atoms with Gasteiger partial charge < -0.3 is 0 Å². The molecule has 3 atom stereocenters. The second kappa shape index (κ2) is 5.40. The average Bonchev–Trinajstić information content (AvgIpc) is 3.20. The van der Waals surface area contributed by atoms with Crippen LogP contribution in [0.15, 0.2) is 71.1 Å². The smallest absolute Gasteiger partial charge is 0.186 e. The largest absolute Gasteiger partial charge is 0.289 e. The SMILES string of the molecule is O=C1C=C2CC[C@H]3CC(S(=O)(=O)c4ccccc4)C[C@@]23c2ccccc21. The fourth-order valence-corrected chi connectivity index (χ4v) is 7.39. The van der Waals surface area contributed by atoms with Gasteiger partial charge in [0, 0.05) is 11.0 Å². The van der Waals surface area contributed by atoms with Crippen LogP contribution in [0.2, 0.25) is 0 Å². The van der Waals surface area contributed by atoms with E-state index in [0.717, 1.165) is 29.5 Å². The summed E-state index contributed by atoms with van der Waals surface area (Å²) in [4.78, 5) is 12.9. The van der Waals surface area contributed by atoms with Crippen LogP contribution >= 0.6 is 0 Å². The molecule has 4 heteroatoms. The Bertz CT molecular complexity index is 1040. The summed E-state index contributed by atoms with van der Waals surface area (Å²) < 4.78 is 26.5. The van der Waals surface area contributed by atoms with Gasteiger partial charge in [-0.3, -0.25) is 4.79 Å². The maximum absolute atomic E-state index is 13.2. The molecule has 0 aliphatic heterocycles. The molecule has 0 radical (unpaired) electrons. The van der Waals surface area contributed by atoms with Crippen LogP contribution in [-0.4, -0.2) is 19.5 Å². The summed E-state index contributed by atoms with van der Waals surface area (Å²) >= 11 is 0. The second-order valence-electron chi connectivity index (χ2n) is 7.71. The zero-order chi connectivity index (χ0) is 17.9. The Morgan fingerprint density at radius 2 is 1.69 bits per heavy atom. The first kappa shape index (κ1) is 16.0. The molecule has 1 unspecified atom stereocenters. The molecule has 3 nitrogen and oxygen atoms in total. The minimum Gasteiger partial charge on any atom is -0.289 e. The third kappa shape index (κ3) is 1.99. The van der Waals surface area contributed by atoms with Crippen LogP contribution in [0.3, 0.4) is 0 Å². The number of allylic oxidation sites excluding steroid dienone is 2. The maximum atomic E-state index is 13.2. The van der Waals surface area contributed by atoms with Gasteiger partial charge in [0.25, 0.3) is 0 Å². The van der Waals surface area contributed by atoms with Crippen LogP contribution < -0.4 is 0 Å². The van der Waals surface area contributed by atoms with Gasteiger partial charge in [-0.1, -0.05) is 48.0 Å². The molecule has 26 heavy (non-hydrogen) atoms. The Morgan fingerprint density at radius 1 is 0.962 bits per heavy atom. The van der Waals surface area contributed by atoms with Crippen LogP contribution in [0.25, 0.3) is 0 Å². The van der Waals surface area contributed by atoms with E-state index in [1.807, 2.05) is 30.3 Å². The molecule has 3 aliphatic rings. The molecular weight excluding hydrogens is 344 g/mol. The van der Waals surface area contributed by atoms with Crippen molar-refractivity contribution in [3.05, 3.63) is 77.4 Å². The van der Waals surface area contributed by atoms with Crippen molar-refractivity contribution >= 4 is 15.6 Å². The third-order valence-corrected chi connectivity index (χ3v) is 8.78. The molecule has 2 aromatic carbocycles. The topological polar surface area (TPSA) is 51.2 Å². The summed E-state index contributed by atoms with van der Waals surface area (Å²) in [5, 5.41) is -0.389. The molecule has 1 spiro atoms. The fourth-order valence-electron chi connectivity index (χ4n) is 5.50. The monoisotopic (exact) mass is 364 g/mol. The van der Waals surface area contributed by atoms with Gasteiger partial charge in [-0.05, 0) is 55.4 Å². The highest BCUT2D eigenvalue weighted by Gasteiger charge is 2.58. The van der Waals surface area contributed by atoms with E-state index in [9.17, 15) is 13.2 Å². The zero-order valence-corrected chi connectivity index (χ0v) is 15.2. The van der Waals surface area contributed by atoms with E-state index >= 15 is 0 Å². The van der Waals surface area contributed by atoms with E-state index in [1.165, 1.54) is 0 Å². The fraction of sp³-hybridized carbons (Fsp3) is 0.318. The molecule has 2 fully saturated rings. The van der Waals surface area contributed by atoms with Crippen molar-refractivity contribution in [2.24, 2.45) is 5.92 Å². The summed E-state index contributed by atoms with van der Waals surface area (Å²) in [5.74, 6) is 0.364. The number of rotatable bonds is 2. The Labute approximate surface area is 153 Å². The first-order chi connectivity index (χ1) is 12.5. The number of fused-ring (bicyclic) bond motifs is 1. The van der Waals surface area contributed by atoms with Crippen LogP contribution in [-0.2, 0) is 15.3 Å². The van der Waals surface area contributed by atoms with E-state index in [0.29, 0.717) is 23.7 Å². The molecule has 0 saturated heterocycles. The van der Waals surface area contributed by atoms with Crippen molar-refractivity contribution in [3.8, 4) is 0 Å². The molecule has 0 N–H and O–H groups in total. The van der Waals surface area contributed by atoms with E-state index in [1.54, 1.807) is 30.3 Å². The predicted octanol–water partition coefficient (Wildman–Crippen LogP) is 4.09. The number of carbonyl (C=O) groups is 1. The van der Waals surface area contributed by atoms with Gasteiger partial charge in [-0.25, -0.2) is 8.42 Å². The van der Waals surface area contributed by atoms with Gasteiger partial charge in [0.15, 0.2) is 15.6 Å². The summed E-state index contributed by atoms with van der Waals surface area (Å²) in [6.45, 7) is 0. The highest BCUT2D eigenvalue weighted by Crippen LogP contribution is 2.61. The van der Waals surface area contributed by atoms with Gasteiger partial charge in [0.1, 0.15) is 0 Å². The standard InChI is InChI=1S/C22H20O3S/c23-21-13-16-11-10-15-12-18(26(24,25)17-6-2-1-3-7-17)14-22(15,16)20-9-5-4-8-19(20)21/h1-9,13,15,18H,10-12,14H2/t15-,18?,22-/m0/s1. The van der Waals surface area contributed by atoms with Crippen molar-refractivity contribution in [3.63, 3.8) is 0 Å². The van der Waals surface area contributed by atoms with E-state index in [-0.39, 0.29) is 16.4 Å². The molecule has 2 saturated carbocycles. The number of benzene rings is 2. The predicted molar refractivity (Wildman–Crippen MR) is 99.9 cm³/mol. The molecule has 2 aromatic rings. The number of ketones is 1. The summed E-state index contributed by atoms with van der Waals surface area (Å²) in [5.41, 5.74) is 2.69. The van der Waals surface area contributed by atoms with Crippen molar-refractivity contribution in [2.75, 3.05) is 0 Å². The lowest BCUT2D eigenvalue weighted by Gasteiger charge is -2.36. The number of sulfone groups is 1. The number of hydrogen-bond acceptors (Lipinski definition) is 3. The van der Waals surface area contributed by atoms with E-state index in [4.69, 9.17) is 0 Å². The Morgan fingerprint density at radius 3 is 2.50 bits per heavy atom. The summed E-state index contributed by atoms with van der Waals surface area (Å²) in [6.07, 6.45) is 4.93. The number of hydrogen-bond donors (Lipinski definition) is 0. The molecule has 5 rings (SSSR count). The van der Waals surface area contributed by atoms with Gasteiger partial charge >= 0.3 is 0 Å². The Hall–Kier alpha value is -2.20.